The Kier molecular flexibility index (Phi) is 4.53. The standard InChI is InChI=1S/C15H8BrClFNO/c16-13-4-2-1-3-10(13)12(8-19)15(20)11-6-5-9(17)7-14(11)18/h1-7,12H. The molecule has 2 aromatic rings. The quantitative estimate of drug-likeness (QED) is 0.749. The fourth-order valence-electron chi connectivity index (χ4n) is 1.82. The minimum atomic E-state index is -1.07. The largest absolute Gasteiger partial charge is 0.292 e. The molecule has 0 aromatic heterocycles. The van der Waals surface area contributed by atoms with E-state index in [1.54, 1.807) is 24.3 Å². The molecule has 2 nitrogen and oxygen atoms in total. The molecule has 2 aromatic carbocycles. The molecule has 1 atom stereocenters. The number of hydrogen-bond acceptors (Lipinski definition) is 2. The van der Waals surface area contributed by atoms with Crippen molar-refractivity contribution in [3.05, 3.63) is 68.9 Å². The lowest BCUT2D eigenvalue weighted by atomic mass is 9.91. The van der Waals surface area contributed by atoms with E-state index in [1.165, 1.54) is 12.1 Å². The summed E-state index contributed by atoms with van der Waals surface area (Å²) >= 11 is 8.94. The van der Waals surface area contributed by atoms with Gasteiger partial charge in [-0.1, -0.05) is 45.7 Å². The van der Waals surface area contributed by atoms with Gasteiger partial charge in [-0.25, -0.2) is 4.39 Å². The molecule has 0 saturated carbocycles. The van der Waals surface area contributed by atoms with Crippen LogP contribution in [0.25, 0.3) is 0 Å². The van der Waals surface area contributed by atoms with Crippen molar-refractivity contribution in [1.82, 2.24) is 0 Å². The Morgan fingerprint density at radius 2 is 2.00 bits per heavy atom. The molecule has 0 heterocycles. The van der Waals surface area contributed by atoms with Crippen LogP contribution in [0.2, 0.25) is 5.02 Å². The predicted molar refractivity (Wildman–Crippen MR) is 78.2 cm³/mol. The average Bonchev–Trinajstić information content (AvgIpc) is 2.41. The van der Waals surface area contributed by atoms with Gasteiger partial charge in [0, 0.05) is 9.50 Å². The highest BCUT2D eigenvalue weighted by Gasteiger charge is 2.25. The third-order valence-electron chi connectivity index (χ3n) is 2.80. The van der Waals surface area contributed by atoms with Gasteiger partial charge in [0.25, 0.3) is 0 Å². The monoisotopic (exact) mass is 351 g/mol. The third-order valence-corrected chi connectivity index (χ3v) is 3.76. The molecule has 0 radical (unpaired) electrons. The summed E-state index contributed by atoms with van der Waals surface area (Å²) in [6, 6.07) is 12.6. The number of carbonyl (C=O) groups is 1. The molecule has 0 amide bonds. The Morgan fingerprint density at radius 3 is 2.60 bits per heavy atom. The van der Waals surface area contributed by atoms with Crippen LogP contribution in [-0.2, 0) is 0 Å². The van der Waals surface area contributed by atoms with Gasteiger partial charge in [0.15, 0.2) is 5.78 Å². The van der Waals surface area contributed by atoms with E-state index >= 15 is 0 Å². The smallest absolute Gasteiger partial charge is 0.187 e. The highest BCUT2D eigenvalue weighted by Crippen LogP contribution is 2.28. The Bertz CT molecular complexity index is 711. The maximum absolute atomic E-state index is 13.8. The zero-order chi connectivity index (χ0) is 14.7. The first-order valence-corrected chi connectivity index (χ1v) is 6.85. The summed E-state index contributed by atoms with van der Waals surface area (Å²) in [5.41, 5.74) is 0.367. The zero-order valence-electron chi connectivity index (χ0n) is 10.1. The molecule has 0 spiro atoms. The molecule has 100 valence electrons. The van der Waals surface area contributed by atoms with Crippen LogP contribution in [0, 0.1) is 17.1 Å². The number of ketones is 1. The highest BCUT2D eigenvalue weighted by molar-refractivity contribution is 9.10. The van der Waals surface area contributed by atoms with Crippen LogP contribution in [0.3, 0.4) is 0 Å². The first kappa shape index (κ1) is 14.7. The number of nitrogens with zero attached hydrogens (tertiary/aromatic N) is 1. The normalized spacial score (nSPS) is 11.7. The van der Waals surface area contributed by atoms with Gasteiger partial charge in [0.2, 0.25) is 0 Å². The van der Waals surface area contributed by atoms with E-state index in [-0.39, 0.29) is 10.6 Å². The molecular formula is C15H8BrClFNO. The summed E-state index contributed by atoms with van der Waals surface area (Å²) in [6.45, 7) is 0. The van der Waals surface area contributed by atoms with E-state index in [4.69, 9.17) is 11.6 Å². The van der Waals surface area contributed by atoms with Crippen LogP contribution in [0.4, 0.5) is 4.39 Å². The summed E-state index contributed by atoms with van der Waals surface area (Å²) in [7, 11) is 0. The van der Waals surface area contributed by atoms with E-state index in [9.17, 15) is 14.4 Å². The van der Waals surface area contributed by atoms with Crippen molar-refractivity contribution in [3.63, 3.8) is 0 Å². The second kappa shape index (κ2) is 6.17. The van der Waals surface area contributed by atoms with Gasteiger partial charge in [0.05, 0.1) is 11.6 Å². The number of halogens is 3. The molecule has 0 bridgehead atoms. The van der Waals surface area contributed by atoms with Crippen LogP contribution in [0.1, 0.15) is 21.8 Å². The van der Waals surface area contributed by atoms with Crippen molar-refractivity contribution < 1.29 is 9.18 Å². The number of hydrogen-bond donors (Lipinski definition) is 0. The molecule has 2 rings (SSSR count). The number of carbonyl (C=O) groups excluding carboxylic acids is 1. The van der Waals surface area contributed by atoms with Gasteiger partial charge >= 0.3 is 0 Å². The second-order valence-electron chi connectivity index (χ2n) is 4.07. The van der Waals surface area contributed by atoms with Gasteiger partial charge in [-0.15, -0.1) is 0 Å². The Balaban J connectivity index is 2.45. The van der Waals surface area contributed by atoms with Crippen molar-refractivity contribution in [2.75, 3.05) is 0 Å². The molecule has 0 aliphatic carbocycles. The molecule has 20 heavy (non-hydrogen) atoms. The summed E-state index contributed by atoms with van der Waals surface area (Å²) in [5, 5.41) is 9.44. The van der Waals surface area contributed by atoms with Gasteiger partial charge in [-0.05, 0) is 29.8 Å². The molecule has 1 unspecified atom stereocenters. The summed E-state index contributed by atoms with van der Waals surface area (Å²) in [6.07, 6.45) is 0. The fraction of sp³-hybridized carbons (Fsp3) is 0.0667. The van der Waals surface area contributed by atoms with Crippen molar-refractivity contribution in [2.45, 2.75) is 5.92 Å². The lowest BCUT2D eigenvalue weighted by Crippen LogP contribution is -2.13. The van der Waals surface area contributed by atoms with Crippen LogP contribution >= 0.6 is 27.5 Å². The van der Waals surface area contributed by atoms with Gasteiger partial charge < -0.3 is 0 Å². The Hall–Kier alpha value is -1.70. The zero-order valence-corrected chi connectivity index (χ0v) is 12.5. The van der Waals surface area contributed by atoms with Crippen molar-refractivity contribution in [1.29, 1.82) is 5.26 Å². The molecule has 0 fully saturated rings. The molecule has 5 heteroatoms. The van der Waals surface area contributed by atoms with Crippen molar-refractivity contribution in [2.24, 2.45) is 0 Å². The van der Waals surface area contributed by atoms with Crippen molar-refractivity contribution >= 4 is 33.3 Å². The third kappa shape index (κ3) is 2.90. The van der Waals surface area contributed by atoms with Crippen molar-refractivity contribution in [3.8, 4) is 6.07 Å². The fourth-order valence-corrected chi connectivity index (χ4v) is 2.50. The minimum absolute atomic E-state index is 0.142. The number of rotatable bonds is 3. The summed E-state index contributed by atoms with van der Waals surface area (Å²) in [5.74, 6) is -2.38. The molecular weight excluding hydrogens is 345 g/mol. The van der Waals surface area contributed by atoms with Gasteiger partial charge in [-0.3, -0.25) is 4.79 Å². The van der Waals surface area contributed by atoms with Crippen LogP contribution in [0.5, 0.6) is 0 Å². The van der Waals surface area contributed by atoms with E-state index in [0.717, 1.165) is 6.07 Å². The maximum Gasteiger partial charge on any atom is 0.187 e. The minimum Gasteiger partial charge on any atom is -0.292 e. The Labute approximate surface area is 128 Å². The molecule has 0 aliphatic heterocycles. The average molecular weight is 353 g/mol. The first-order chi connectivity index (χ1) is 9.54. The summed E-state index contributed by atoms with van der Waals surface area (Å²) in [4.78, 5) is 12.3. The van der Waals surface area contributed by atoms with E-state index < -0.39 is 17.5 Å². The maximum atomic E-state index is 13.8. The second-order valence-corrected chi connectivity index (χ2v) is 5.36. The van der Waals surface area contributed by atoms with Crippen LogP contribution < -0.4 is 0 Å². The van der Waals surface area contributed by atoms with Gasteiger partial charge in [0.1, 0.15) is 11.7 Å². The lowest BCUT2D eigenvalue weighted by molar-refractivity contribution is 0.0975. The predicted octanol–water partition coefficient (Wildman–Crippen LogP) is 4.73. The number of nitriles is 1. The number of Topliss-reactive ketones (excluding diaryl/α,β-unsaturated/α-hetero) is 1. The van der Waals surface area contributed by atoms with Gasteiger partial charge in [-0.2, -0.15) is 5.26 Å². The molecule has 0 saturated heterocycles. The Morgan fingerprint density at radius 1 is 1.30 bits per heavy atom. The van der Waals surface area contributed by atoms with E-state index in [2.05, 4.69) is 15.9 Å². The van der Waals surface area contributed by atoms with E-state index in [0.29, 0.717) is 10.0 Å². The topological polar surface area (TPSA) is 40.9 Å². The molecule has 0 N–H and O–H groups in total. The highest BCUT2D eigenvalue weighted by atomic mass is 79.9. The summed E-state index contributed by atoms with van der Waals surface area (Å²) < 4.78 is 14.4. The number of benzene rings is 2. The lowest BCUT2D eigenvalue weighted by Gasteiger charge is -2.11. The van der Waals surface area contributed by atoms with Crippen LogP contribution in [-0.4, -0.2) is 5.78 Å². The van der Waals surface area contributed by atoms with Crippen LogP contribution in [0.15, 0.2) is 46.9 Å². The van der Waals surface area contributed by atoms with E-state index in [1.807, 2.05) is 6.07 Å². The first-order valence-electron chi connectivity index (χ1n) is 5.68. The molecule has 0 aliphatic rings. The SMILES string of the molecule is N#CC(C(=O)c1ccc(Cl)cc1F)c1ccccc1Br.